The minimum Gasteiger partial charge on any atom is -0.377 e. The van der Waals surface area contributed by atoms with Gasteiger partial charge in [-0.15, -0.1) is 0 Å². The Morgan fingerprint density at radius 1 is 0.686 bits per heavy atom. The van der Waals surface area contributed by atoms with E-state index in [4.69, 9.17) is 4.74 Å². The second-order valence-electron chi connectivity index (χ2n) is 9.52. The number of rotatable bonds is 19. The van der Waals surface area contributed by atoms with Crippen LogP contribution in [-0.2, 0) is 17.8 Å². The molecule has 35 heavy (non-hydrogen) atoms. The Bertz CT molecular complexity index is 776. The molecule has 0 aliphatic heterocycles. The largest absolute Gasteiger partial charge is 0.389 e. The topological polar surface area (TPSA) is 35.0 Å². The lowest BCUT2D eigenvalue weighted by atomic mass is 10.1. The molecule has 0 radical (unpaired) electrons. The van der Waals surface area contributed by atoms with Crippen LogP contribution in [0.3, 0.4) is 0 Å². The smallest absolute Gasteiger partial charge is 0.377 e. The van der Waals surface area contributed by atoms with Crippen LogP contribution >= 0.6 is 0 Å². The Morgan fingerprint density at radius 2 is 1.26 bits per heavy atom. The third kappa shape index (κ3) is 14.3. The highest BCUT2D eigenvalue weighted by molar-refractivity contribution is 5.55. The first-order chi connectivity index (χ1) is 17.0. The van der Waals surface area contributed by atoms with Gasteiger partial charge in [0.25, 0.3) is 0 Å². The predicted molar refractivity (Wildman–Crippen MR) is 137 cm³/mol. The fourth-order valence-corrected chi connectivity index (χ4v) is 4.10. The average Bonchev–Trinajstić information content (AvgIpc) is 2.85. The van der Waals surface area contributed by atoms with Crippen molar-refractivity contribution in [3.63, 3.8) is 0 Å². The Kier molecular flexibility index (Phi) is 14.6. The molecule has 0 fully saturated rings. The molecule has 2 rings (SSSR count). The van der Waals surface area contributed by atoms with Gasteiger partial charge in [-0.3, -0.25) is 0 Å². The first-order valence-electron chi connectivity index (χ1n) is 13.5. The van der Waals surface area contributed by atoms with Gasteiger partial charge in [0, 0.05) is 31.0 Å². The van der Waals surface area contributed by atoms with Crippen molar-refractivity contribution in [3.8, 4) is 11.4 Å². The second-order valence-corrected chi connectivity index (χ2v) is 9.52. The SMILES string of the molecule is CCCCCCCCCCc1cnc(-c2ccc(COCCCCCCCC(F)(F)F)cc2)nc1. The zero-order valence-electron chi connectivity index (χ0n) is 21.4. The lowest BCUT2D eigenvalue weighted by molar-refractivity contribution is -0.135. The summed E-state index contributed by atoms with van der Waals surface area (Å²) in [4.78, 5) is 9.11. The maximum Gasteiger partial charge on any atom is 0.389 e. The Morgan fingerprint density at radius 3 is 1.89 bits per heavy atom. The van der Waals surface area contributed by atoms with Crippen molar-refractivity contribution in [1.82, 2.24) is 9.97 Å². The van der Waals surface area contributed by atoms with Crippen molar-refractivity contribution >= 4 is 0 Å². The molecule has 6 heteroatoms. The van der Waals surface area contributed by atoms with Gasteiger partial charge in [0.15, 0.2) is 5.82 Å². The molecule has 0 N–H and O–H groups in total. The summed E-state index contributed by atoms with van der Waals surface area (Å²) in [5.41, 5.74) is 3.28. The molecule has 0 unspecified atom stereocenters. The van der Waals surface area contributed by atoms with E-state index in [1.54, 1.807) is 0 Å². The number of hydrogen-bond donors (Lipinski definition) is 0. The van der Waals surface area contributed by atoms with Crippen LogP contribution in [0.15, 0.2) is 36.7 Å². The van der Waals surface area contributed by atoms with Gasteiger partial charge in [-0.1, -0.05) is 95.4 Å². The monoisotopic (exact) mass is 492 g/mol. The summed E-state index contributed by atoms with van der Waals surface area (Å²) in [5, 5.41) is 0. The summed E-state index contributed by atoms with van der Waals surface area (Å²) in [5.74, 6) is 0.739. The molecule has 0 saturated heterocycles. The number of aromatic nitrogens is 2. The third-order valence-electron chi connectivity index (χ3n) is 6.25. The summed E-state index contributed by atoms with van der Waals surface area (Å²) < 4.78 is 42.0. The quantitative estimate of drug-likeness (QED) is 0.183. The van der Waals surface area contributed by atoms with Crippen molar-refractivity contribution in [2.24, 2.45) is 0 Å². The number of nitrogens with zero attached hydrogens (tertiary/aromatic N) is 2. The maximum atomic E-state index is 12.1. The fourth-order valence-electron chi connectivity index (χ4n) is 4.10. The lowest BCUT2D eigenvalue weighted by Crippen LogP contribution is -2.06. The van der Waals surface area contributed by atoms with Crippen LogP contribution in [0, 0.1) is 0 Å². The van der Waals surface area contributed by atoms with E-state index in [0.29, 0.717) is 19.6 Å². The minimum absolute atomic E-state index is 0.225. The Balaban J connectivity index is 1.57. The molecule has 196 valence electrons. The van der Waals surface area contributed by atoms with Crippen molar-refractivity contribution in [3.05, 3.63) is 47.8 Å². The molecular weight excluding hydrogens is 449 g/mol. The maximum absolute atomic E-state index is 12.1. The number of ether oxygens (including phenoxy) is 1. The zero-order valence-corrected chi connectivity index (χ0v) is 21.4. The van der Waals surface area contributed by atoms with E-state index in [1.807, 2.05) is 36.7 Å². The van der Waals surface area contributed by atoms with Crippen LogP contribution in [0.4, 0.5) is 13.2 Å². The molecule has 2 aromatic rings. The summed E-state index contributed by atoms with van der Waals surface area (Å²) in [6.45, 7) is 3.42. The highest BCUT2D eigenvalue weighted by Crippen LogP contribution is 2.23. The third-order valence-corrected chi connectivity index (χ3v) is 6.25. The van der Waals surface area contributed by atoms with Crippen LogP contribution in [0.2, 0.25) is 0 Å². The number of hydrogen-bond acceptors (Lipinski definition) is 3. The van der Waals surface area contributed by atoms with Crippen LogP contribution in [-0.4, -0.2) is 22.8 Å². The van der Waals surface area contributed by atoms with Gasteiger partial charge in [-0.2, -0.15) is 13.2 Å². The van der Waals surface area contributed by atoms with Gasteiger partial charge in [-0.05, 0) is 36.8 Å². The molecule has 1 aromatic carbocycles. The fraction of sp³-hybridized carbons (Fsp3) is 0.655. The van der Waals surface area contributed by atoms with E-state index in [9.17, 15) is 13.2 Å². The van der Waals surface area contributed by atoms with Gasteiger partial charge < -0.3 is 4.74 Å². The minimum atomic E-state index is -4.03. The van der Waals surface area contributed by atoms with Crippen molar-refractivity contribution in [2.45, 2.75) is 116 Å². The van der Waals surface area contributed by atoms with E-state index in [0.717, 1.165) is 42.6 Å². The Hall–Kier alpha value is -1.95. The van der Waals surface area contributed by atoms with Gasteiger partial charge >= 0.3 is 6.18 Å². The molecule has 0 atom stereocenters. The normalized spacial score (nSPS) is 11.8. The molecule has 0 aliphatic carbocycles. The standard InChI is InChI=1S/C29H43F3N2O/c1-2-3-4-5-6-7-9-12-15-26-22-33-28(34-23-26)27-18-16-25(17-19-27)24-35-21-14-11-8-10-13-20-29(30,31)32/h16-19,22-23H,2-15,20-21,24H2,1H3. The van der Waals surface area contributed by atoms with Gasteiger partial charge in [0.2, 0.25) is 0 Å². The van der Waals surface area contributed by atoms with Crippen LogP contribution in [0.25, 0.3) is 11.4 Å². The molecule has 0 amide bonds. The van der Waals surface area contributed by atoms with Gasteiger partial charge in [0.1, 0.15) is 0 Å². The molecule has 1 heterocycles. The number of unbranched alkanes of at least 4 members (excludes halogenated alkanes) is 11. The van der Waals surface area contributed by atoms with E-state index in [-0.39, 0.29) is 6.42 Å². The first-order valence-corrected chi connectivity index (χ1v) is 13.5. The van der Waals surface area contributed by atoms with E-state index in [2.05, 4.69) is 16.9 Å². The first kappa shape index (κ1) is 29.3. The molecule has 3 nitrogen and oxygen atoms in total. The summed E-state index contributed by atoms with van der Waals surface area (Å²) in [6, 6.07) is 8.11. The van der Waals surface area contributed by atoms with E-state index < -0.39 is 12.6 Å². The van der Waals surface area contributed by atoms with E-state index in [1.165, 1.54) is 56.9 Å². The predicted octanol–water partition coefficient (Wildman–Crippen LogP) is 9.25. The summed E-state index contributed by atoms with van der Waals surface area (Å²) in [7, 11) is 0. The number of alkyl halides is 3. The van der Waals surface area contributed by atoms with E-state index >= 15 is 0 Å². The lowest BCUT2D eigenvalue weighted by Gasteiger charge is -2.07. The van der Waals surface area contributed by atoms with Gasteiger partial charge in [0.05, 0.1) is 6.61 Å². The van der Waals surface area contributed by atoms with Crippen LogP contribution in [0.5, 0.6) is 0 Å². The summed E-state index contributed by atoms with van der Waals surface area (Å²) in [6.07, 6.45) is 14.3. The van der Waals surface area contributed by atoms with Crippen molar-refractivity contribution < 1.29 is 17.9 Å². The highest BCUT2D eigenvalue weighted by Gasteiger charge is 2.25. The van der Waals surface area contributed by atoms with Crippen LogP contribution < -0.4 is 0 Å². The van der Waals surface area contributed by atoms with Gasteiger partial charge in [-0.25, -0.2) is 9.97 Å². The summed E-state index contributed by atoms with van der Waals surface area (Å²) >= 11 is 0. The highest BCUT2D eigenvalue weighted by atomic mass is 19.4. The molecular formula is C29H43F3N2O. The number of benzene rings is 1. The molecule has 0 spiro atoms. The van der Waals surface area contributed by atoms with Crippen molar-refractivity contribution in [1.29, 1.82) is 0 Å². The Labute approximate surface area is 209 Å². The molecule has 0 bridgehead atoms. The molecule has 1 aromatic heterocycles. The van der Waals surface area contributed by atoms with Crippen LogP contribution in [0.1, 0.15) is 108 Å². The molecule has 0 aliphatic rings. The number of aryl methyl sites for hydroxylation is 1. The second kappa shape index (κ2) is 17.5. The zero-order chi connectivity index (χ0) is 25.2. The van der Waals surface area contributed by atoms with Crippen molar-refractivity contribution in [2.75, 3.05) is 6.61 Å². The number of halogens is 3. The average molecular weight is 493 g/mol. The molecule has 0 saturated carbocycles.